The molecule has 3 rings (SSSR count). The van der Waals surface area contributed by atoms with Crippen molar-refractivity contribution in [2.75, 3.05) is 6.54 Å². The topological polar surface area (TPSA) is 64.4 Å². The first-order chi connectivity index (χ1) is 15.5. The van der Waals surface area contributed by atoms with Crippen LogP contribution in [0.4, 0.5) is 0 Å². The van der Waals surface area contributed by atoms with Gasteiger partial charge in [0.25, 0.3) is 0 Å². The number of rotatable bonds is 9. The maximum Gasteiger partial charge on any atom is 0.222 e. The average molecular weight is 434 g/mol. The van der Waals surface area contributed by atoms with Crippen LogP contribution in [-0.2, 0) is 6.42 Å². The highest BCUT2D eigenvalue weighted by Gasteiger charge is 2.23. The Morgan fingerprint density at radius 3 is 2.81 bits per heavy atom. The lowest BCUT2D eigenvalue weighted by atomic mass is 9.79. The lowest BCUT2D eigenvalue weighted by molar-refractivity contribution is 0.311. The van der Waals surface area contributed by atoms with Crippen LogP contribution in [0.25, 0.3) is 5.57 Å². The van der Waals surface area contributed by atoms with Crippen molar-refractivity contribution < 1.29 is 4.42 Å². The third kappa shape index (κ3) is 6.52. The molecule has 0 aliphatic heterocycles. The quantitative estimate of drug-likeness (QED) is 0.338. The summed E-state index contributed by atoms with van der Waals surface area (Å²) in [6.45, 7) is 11.0. The smallest absolute Gasteiger partial charge is 0.222 e. The lowest BCUT2D eigenvalue weighted by Gasteiger charge is -2.28. The summed E-state index contributed by atoms with van der Waals surface area (Å²) >= 11 is 0. The number of nitrogens with zero attached hydrogens (tertiary/aromatic N) is 2. The highest BCUT2D eigenvalue weighted by molar-refractivity contribution is 5.86. The Balaban J connectivity index is 1.70. The summed E-state index contributed by atoms with van der Waals surface area (Å²) in [6.07, 6.45) is 21.2. The normalized spacial score (nSPS) is 20.1. The Morgan fingerprint density at radius 2 is 2.09 bits per heavy atom. The Morgan fingerprint density at radius 1 is 1.31 bits per heavy atom. The number of hydrogen-bond acceptors (Lipinski definition) is 4. The molecule has 1 unspecified atom stereocenters. The van der Waals surface area contributed by atoms with E-state index in [2.05, 4.69) is 44.5 Å². The molecule has 0 spiro atoms. The minimum atomic E-state index is 0.491. The number of aliphatic imine (C=N–C) groups is 1. The molecule has 1 atom stereocenters. The first kappa shape index (κ1) is 24.2. The van der Waals surface area contributed by atoms with Crippen LogP contribution in [0.3, 0.4) is 0 Å². The van der Waals surface area contributed by atoms with Gasteiger partial charge in [0.2, 0.25) is 5.89 Å². The summed E-state index contributed by atoms with van der Waals surface area (Å²) in [5.74, 6) is 2.89. The van der Waals surface area contributed by atoms with Crippen LogP contribution in [0.5, 0.6) is 0 Å². The van der Waals surface area contributed by atoms with Crippen molar-refractivity contribution in [1.29, 1.82) is 0 Å². The van der Waals surface area contributed by atoms with Gasteiger partial charge in [0.05, 0.1) is 11.9 Å². The van der Waals surface area contributed by atoms with E-state index in [0.717, 1.165) is 41.4 Å². The summed E-state index contributed by atoms with van der Waals surface area (Å²) in [5, 5.41) is 0. The zero-order valence-corrected chi connectivity index (χ0v) is 20.1. The second-order valence-corrected chi connectivity index (χ2v) is 9.19. The maximum absolute atomic E-state index is 6.06. The lowest BCUT2D eigenvalue weighted by Crippen LogP contribution is -2.21. The Kier molecular flexibility index (Phi) is 9.04. The summed E-state index contributed by atoms with van der Waals surface area (Å²) in [5.41, 5.74) is 11.6. The second-order valence-electron chi connectivity index (χ2n) is 9.19. The molecule has 0 radical (unpaired) electrons. The van der Waals surface area contributed by atoms with Crippen LogP contribution in [0, 0.1) is 11.8 Å². The van der Waals surface area contributed by atoms with Gasteiger partial charge in [-0.15, -0.1) is 0 Å². The highest BCUT2D eigenvalue weighted by Crippen LogP contribution is 2.33. The molecule has 1 aromatic heterocycles. The third-order valence-electron chi connectivity index (χ3n) is 6.88. The van der Waals surface area contributed by atoms with Crippen molar-refractivity contribution in [3.63, 3.8) is 0 Å². The molecule has 172 valence electrons. The summed E-state index contributed by atoms with van der Waals surface area (Å²) in [7, 11) is 0. The van der Waals surface area contributed by atoms with E-state index in [1.165, 1.54) is 43.4 Å². The van der Waals surface area contributed by atoms with Crippen molar-refractivity contribution in [2.45, 2.75) is 72.1 Å². The third-order valence-corrected chi connectivity index (χ3v) is 6.88. The Labute approximate surface area is 193 Å². The van der Waals surface area contributed by atoms with Crippen LogP contribution >= 0.6 is 0 Å². The van der Waals surface area contributed by atoms with Crippen LogP contribution in [0.15, 0.2) is 69.4 Å². The van der Waals surface area contributed by atoms with Gasteiger partial charge in [0.1, 0.15) is 5.76 Å². The minimum absolute atomic E-state index is 0.491. The summed E-state index contributed by atoms with van der Waals surface area (Å²) in [4.78, 5) is 9.63. The van der Waals surface area contributed by atoms with Crippen molar-refractivity contribution in [2.24, 2.45) is 22.6 Å². The largest absolute Gasteiger partial charge is 0.441 e. The fourth-order valence-electron chi connectivity index (χ4n) is 4.59. The Bertz CT molecular complexity index is 936. The van der Waals surface area contributed by atoms with E-state index in [1.807, 2.05) is 18.3 Å². The van der Waals surface area contributed by atoms with Gasteiger partial charge in [-0.25, -0.2) is 4.98 Å². The standard InChI is InChI=1S/C28H39N3O/c1-5-10-23(18-29)11-9-14-26-19-30-28(32-26)25-16-15-20(2)27(17-25)31-22(4)21(3)24-12-7-6-8-13-24/h5,9-11,17,19,21,24H,1,6-8,12-16,18,29H2,2-4H3/b11-9-,23-10+,31-22?. The van der Waals surface area contributed by atoms with Gasteiger partial charge in [0, 0.05) is 24.3 Å². The van der Waals surface area contributed by atoms with Gasteiger partial charge in [-0.1, -0.05) is 57.1 Å². The van der Waals surface area contributed by atoms with Gasteiger partial charge in [-0.05, 0) is 68.6 Å². The molecule has 0 aromatic carbocycles. The van der Waals surface area contributed by atoms with E-state index in [-0.39, 0.29) is 0 Å². The molecule has 4 heteroatoms. The molecule has 0 bridgehead atoms. The van der Waals surface area contributed by atoms with Gasteiger partial charge in [0.15, 0.2) is 0 Å². The van der Waals surface area contributed by atoms with Gasteiger partial charge in [-0.3, -0.25) is 4.99 Å². The van der Waals surface area contributed by atoms with Crippen molar-refractivity contribution >= 4 is 11.3 Å². The van der Waals surface area contributed by atoms with E-state index in [1.54, 1.807) is 6.08 Å². The van der Waals surface area contributed by atoms with Gasteiger partial charge < -0.3 is 10.2 Å². The maximum atomic E-state index is 6.06. The number of allylic oxidation sites excluding steroid dienone is 6. The van der Waals surface area contributed by atoms with Crippen LogP contribution in [0.2, 0.25) is 0 Å². The molecular weight excluding hydrogens is 394 g/mol. The van der Waals surface area contributed by atoms with Gasteiger partial charge >= 0.3 is 0 Å². The summed E-state index contributed by atoms with van der Waals surface area (Å²) in [6, 6.07) is 0. The fourth-order valence-corrected chi connectivity index (χ4v) is 4.59. The number of oxazole rings is 1. The highest BCUT2D eigenvalue weighted by atomic mass is 16.4. The Hall–Kier alpha value is -2.46. The molecular formula is C28H39N3O. The molecule has 2 aliphatic carbocycles. The van der Waals surface area contributed by atoms with E-state index in [4.69, 9.17) is 15.1 Å². The fraction of sp³-hybridized carbons (Fsp3) is 0.500. The minimum Gasteiger partial charge on any atom is -0.441 e. The second kappa shape index (κ2) is 12.0. The van der Waals surface area contributed by atoms with E-state index in [0.29, 0.717) is 24.8 Å². The number of hydrogen-bond donors (Lipinski definition) is 1. The number of aromatic nitrogens is 1. The van der Waals surface area contributed by atoms with E-state index < -0.39 is 0 Å². The molecule has 1 fully saturated rings. The average Bonchev–Trinajstić information content (AvgIpc) is 3.28. The monoisotopic (exact) mass is 433 g/mol. The zero-order valence-electron chi connectivity index (χ0n) is 20.1. The molecule has 1 heterocycles. The van der Waals surface area contributed by atoms with E-state index >= 15 is 0 Å². The zero-order chi connectivity index (χ0) is 22.9. The SMILES string of the molecule is C=C/C=C(\C=C/Cc1cnc(C2=CC(N=C(C)C(C)C3CCCCC3)=C(C)CC2)o1)CN. The first-order valence-corrected chi connectivity index (χ1v) is 12.1. The van der Waals surface area contributed by atoms with Crippen molar-refractivity contribution in [3.05, 3.63) is 71.7 Å². The molecule has 2 aliphatic rings. The van der Waals surface area contributed by atoms with Crippen LogP contribution < -0.4 is 5.73 Å². The van der Waals surface area contributed by atoms with Crippen LogP contribution in [0.1, 0.15) is 77.4 Å². The molecule has 1 aromatic rings. The predicted octanol–water partition coefficient (Wildman–Crippen LogP) is 6.97. The van der Waals surface area contributed by atoms with Crippen LogP contribution in [-0.4, -0.2) is 17.2 Å². The number of nitrogens with two attached hydrogens (primary N) is 1. The molecule has 0 amide bonds. The molecule has 2 N–H and O–H groups in total. The first-order valence-electron chi connectivity index (χ1n) is 12.1. The van der Waals surface area contributed by atoms with Crippen molar-refractivity contribution in [1.82, 2.24) is 4.98 Å². The molecule has 32 heavy (non-hydrogen) atoms. The van der Waals surface area contributed by atoms with Gasteiger partial charge in [-0.2, -0.15) is 0 Å². The van der Waals surface area contributed by atoms with Crippen molar-refractivity contribution in [3.8, 4) is 0 Å². The molecule has 4 nitrogen and oxygen atoms in total. The summed E-state index contributed by atoms with van der Waals surface area (Å²) < 4.78 is 6.06. The van der Waals surface area contributed by atoms with E-state index in [9.17, 15) is 0 Å². The molecule has 1 saturated carbocycles. The predicted molar refractivity (Wildman–Crippen MR) is 135 cm³/mol. The molecule has 0 saturated heterocycles.